The lowest BCUT2D eigenvalue weighted by molar-refractivity contribution is -0.143. The molecule has 0 bridgehead atoms. The summed E-state index contributed by atoms with van der Waals surface area (Å²) in [5.74, 6) is -1.58. The zero-order chi connectivity index (χ0) is 32.6. The highest BCUT2D eigenvalue weighted by Crippen LogP contribution is 2.39. The number of carboxylic acid groups (broad SMARTS) is 1. The van der Waals surface area contributed by atoms with Gasteiger partial charge in [-0.25, -0.2) is 14.0 Å². The highest BCUT2D eigenvalue weighted by molar-refractivity contribution is 5.92. The van der Waals surface area contributed by atoms with Crippen molar-refractivity contribution >= 4 is 23.7 Å². The molecule has 1 N–H and O–H groups in total. The summed E-state index contributed by atoms with van der Waals surface area (Å²) in [5, 5.41) is 9.60. The molecule has 2 aliphatic rings. The van der Waals surface area contributed by atoms with Crippen LogP contribution >= 0.6 is 0 Å². The van der Waals surface area contributed by atoms with Crippen LogP contribution in [0.4, 0.5) is 46.0 Å². The van der Waals surface area contributed by atoms with Crippen LogP contribution in [0.25, 0.3) is 0 Å². The third kappa shape index (κ3) is 7.02. The molecule has 0 unspecified atom stereocenters. The predicted octanol–water partition coefficient (Wildman–Crippen LogP) is 6.27. The number of likely N-dealkylation sites (N-methyl/N-ethyl adjacent to an activating group) is 1. The molecule has 0 radical (unpaired) electrons. The van der Waals surface area contributed by atoms with Crippen molar-refractivity contribution in [3.05, 3.63) is 65.0 Å². The molecular formula is C29H31F7N4O4. The molecule has 0 aromatic heterocycles. The maximum Gasteiger partial charge on any atom is 0.416 e. The molecule has 4 rings (SSSR count). The molecule has 2 aromatic carbocycles. The molecule has 8 nitrogen and oxygen atoms in total. The van der Waals surface area contributed by atoms with Crippen molar-refractivity contribution in [3.63, 3.8) is 0 Å². The summed E-state index contributed by atoms with van der Waals surface area (Å²) in [5.41, 5.74) is -3.23. The number of alkyl halides is 6. The topological polar surface area (TPSA) is 84.4 Å². The van der Waals surface area contributed by atoms with Crippen molar-refractivity contribution in [1.82, 2.24) is 14.7 Å². The molecule has 0 saturated carbocycles. The average Bonchev–Trinajstić information content (AvgIpc) is 2.98. The Morgan fingerprint density at radius 3 is 2.00 bits per heavy atom. The lowest BCUT2D eigenvalue weighted by atomic mass is 9.84. The smallest absolute Gasteiger partial charge is 0.416 e. The van der Waals surface area contributed by atoms with Crippen LogP contribution in [0.5, 0.6) is 0 Å². The van der Waals surface area contributed by atoms with E-state index in [1.165, 1.54) is 41.1 Å². The van der Waals surface area contributed by atoms with E-state index in [9.17, 15) is 50.2 Å². The summed E-state index contributed by atoms with van der Waals surface area (Å²) in [6.45, 7) is 0.329. The summed E-state index contributed by atoms with van der Waals surface area (Å²) in [7, 11) is 2.41. The Morgan fingerprint density at radius 2 is 1.45 bits per heavy atom. The normalized spacial score (nSPS) is 21.2. The van der Waals surface area contributed by atoms with Gasteiger partial charge in [0.1, 0.15) is 11.9 Å². The molecule has 15 heteroatoms. The molecule has 2 aromatic rings. The fourth-order valence-electron chi connectivity index (χ4n) is 5.89. The Kier molecular flexibility index (Phi) is 9.35. The van der Waals surface area contributed by atoms with Gasteiger partial charge in [-0.05, 0) is 61.6 Å². The van der Waals surface area contributed by atoms with Crippen molar-refractivity contribution in [1.29, 1.82) is 0 Å². The van der Waals surface area contributed by atoms with Crippen LogP contribution in [0.1, 0.15) is 48.3 Å². The van der Waals surface area contributed by atoms with Crippen molar-refractivity contribution in [2.24, 2.45) is 0 Å². The van der Waals surface area contributed by atoms with Crippen LogP contribution in [-0.2, 0) is 17.1 Å². The molecule has 2 aliphatic heterocycles. The van der Waals surface area contributed by atoms with E-state index in [1.807, 2.05) is 0 Å². The third-order valence-corrected chi connectivity index (χ3v) is 8.27. The van der Waals surface area contributed by atoms with Crippen molar-refractivity contribution in [2.45, 2.75) is 56.0 Å². The first kappa shape index (κ1) is 32.9. The molecule has 4 amide bonds. The van der Waals surface area contributed by atoms with E-state index in [4.69, 9.17) is 0 Å². The minimum absolute atomic E-state index is 0.0161. The van der Waals surface area contributed by atoms with E-state index in [0.29, 0.717) is 41.9 Å². The van der Waals surface area contributed by atoms with Gasteiger partial charge in [-0.3, -0.25) is 14.6 Å². The van der Waals surface area contributed by atoms with E-state index in [2.05, 4.69) is 0 Å². The van der Waals surface area contributed by atoms with Crippen LogP contribution < -0.4 is 4.90 Å². The molecule has 2 saturated heterocycles. The number of hydrogen-bond acceptors (Lipinski definition) is 3. The van der Waals surface area contributed by atoms with E-state index in [-0.39, 0.29) is 32.1 Å². The Labute approximate surface area is 248 Å². The van der Waals surface area contributed by atoms with Crippen molar-refractivity contribution < 1.29 is 50.2 Å². The summed E-state index contributed by atoms with van der Waals surface area (Å²) in [4.78, 5) is 43.3. The summed E-state index contributed by atoms with van der Waals surface area (Å²) < 4.78 is 94.5. The molecule has 44 heavy (non-hydrogen) atoms. The molecular weight excluding hydrogens is 601 g/mol. The summed E-state index contributed by atoms with van der Waals surface area (Å²) in [6, 6.07) is 3.71. The molecule has 2 heterocycles. The molecule has 2 fully saturated rings. The zero-order valence-corrected chi connectivity index (χ0v) is 23.8. The SMILES string of the molecule is CN(C(=O)N(C)[C@@H]1CCN(C(=O)[C@H]2CCCCN2C(=O)O)C[C@H]1c1ccc(F)cc1)c1cc(C(F)(F)F)cc(C(F)(F)F)c1. The Balaban J connectivity index is 1.63. The number of hydrogen-bond donors (Lipinski definition) is 1. The minimum atomic E-state index is -5.10. The number of anilines is 1. The second-order valence-electron chi connectivity index (χ2n) is 11.0. The van der Waals surface area contributed by atoms with Crippen LogP contribution in [0.2, 0.25) is 0 Å². The van der Waals surface area contributed by atoms with E-state index in [1.54, 1.807) is 0 Å². The van der Waals surface area contributed by atoms with E-state index < -0.39 is 71.0 Å². The Hall–Kier alpha value is -4.04. The van der Waals surface area contributed by atoms with Gasteiger partial charge in [0.15, 0.2) is 0 Å². The van der Waals surface area contributed by atoms with Gasteiger partial charge in [0, 0.05) is 51.4 Å². The first-order valence-corrected chi connectivity index (χ1v) is 13.8. The van der Waals surface area contributed by atoms with Crippen LogP contribution in [-0.4, -0.2) is 83.7 Å². The number of piperidine rings is 2. The quantitative estimate of drug-likeness (QED) is 0.403. The van der Waals surface area contributed by atoms with Gasteiger partial charge in [-0.15, -0.1) is 0 Å². The fourth-order valence-corrected chi connectivity index (χ4v) is 5.89. The Bertz CT molecular complexity index is 1350. The van der Waals surface area contributed by atoms with Gasteiger partial charge < -0.3 is 14.9 Å². The lowest BCUT2D eigenvalue weighted by Crippen LogP contribution is -2.58. The van der Waals surface area contributed by atoms with E-state index >= 15 is 0 Å². The second kappa shape index (κ2) is 12.5. The third-order valence-electron chi connectivity index (χ3n) is 8.27. The number of amides is 4. The van der Waals surface area contributed by atoms with Gasteiger partial charge in [0.2, 0.25) is 5.91 Å². The van der Waals surface area contributed by atoms with Crippen LogP contribution in [0.15, 0.2) is 42.5 Å². The number of likely N-dealkylation sites (tertiary alicyclic amines) is 2. The maximum atomic E-state index is 13.8. The molecule has 0 aliphatic carbocycles. The zero-order valence-electron chi connectivity index (χ0n) is 23.8. The predicted molar refractivity (Wildman–Crippen MR) is 145 cm³/mol. The van der Waals surface area contributed by atoms with Crippen LogP contribution in [0.3, 0.4) is 0 Å². The molecule has 0 spiro atoms. The second-order valence-corrected chi connectivity index (χ2v) is 11.0. The largest absolute Gasteiger partial charge is 0.465 e. The van der Waals surface area contributed by atoms with Crippen molar-refractivity contribution in [2.75, 3.05) is 38.6 Å². The van der Waals surface area contributed by atoms with Gasteiger partial charge in [-0.2, -0.15) is 26.3 Å². The fraction of sp³-hybridized carbons (Fsp3) is 0.483. The lowest BCUT2D eigenvalue weighted by Gasteiger charge is -2.45. The van der Waals surface area contributed by atoms with Crippen molar-refractivity contribution in [3.8, 4) is 0 Å². The summed E-state index contributed by atoms with van der Waals surface area (Å²) >= 11 is 0. The number of benzene rings is 2. The van der Waals surface area contributed by atoms with Gasteiger partial charge in [-0.1, -0.05) is 12.1 Å². The standard InChI is InChI=1S/C29H31F7N4O4/c1-37(21-14-18(28(31,32)33)13-19(15-21)29(34,35)36)26(42)38(2)23-10-12-39(16-22(23)17-6-8-20(30)9-7-17)25(41)24-5-3-4-11-40(24)27(43)44/h6-9,13-15,22-24H,3-5,10-12,16H2,1-2H3,(H,43,44)/t22-,23+,24+/m0/s1. The Morgan fingerprint density at radius 1 is 0.864 bits per heavy atom. The number of halogens is 7. The van der Waals surface area contributed by atoms with Gasteiger partial charge in [0.05, 0.1) is 11.1 Å². The number of rotatable bonds is 4. The first-order valence-electron chi connectivity index (χ1n) is 13.8. The molecule has 240 valence electrons. The summed E-state index contributed by atoms with van der Waals surface area (Å²) in [6.07, 6.45) is -9.65. The number of carbonyl (C=O) groups is 3. The van der Waals surface area contributed by atoms with Gasteiger partial charge >= 0.3 is 24.5 Å². The number of nitrogens with zero attached hydrogens (tertiary/aromatic N) is 4. The first-order chi connectivity index (χ1) is 20.5. The highest BCUT2D eigenvalue weighted by atomic mass is 19.4. The highest BCUT2D eigenvalue weighted by Gasteiger charge is 2.42. The van der Waals surface area contributed by atoms with Gasteiger partial charge in [0.25, 0.3) is 0 Å². The number of carbonyl (C=O) groups excluding carboxylic acids is 2. The number of urea groups is 1. The maximum absolute atomic E-state index is 13.8. The average molecular weight is 633 g/mol. The minimum Gasteiger partial charge on any atom is -0.465 e. The molecule has 3 atom stereocenters. The monoisotopic (exact) mass is 632 g/mol. The van der Waals surface area contributed by atoms with E-state index in [0.717, 1.165) is 11.9 Å². The van der Waals surface area contributed by atoms with Crippen LogP contribution in [0, 0.1) is 5.82 Å².